The van der Waals surface area contributed by atoms with E-state index in [1.807, 2.05) is 0 Å². The van der Waals surface area contributed by atoms with E-state index in [0.29, 0.717) is 5.39 Å². The number of benzene rings is 1. The van der Waals surface area contributed by atoms with Gasteiger partial charge in [0.15, 0.2) is 5.43 Å². The minimum absolute atomic E-state index is 0.100. The summed E-state index contributed by atoms with van der Waals surface area (Å²) in [5.41, 5.74) is 1.56. The highest BCUT2D eigenvalue weighted by molar-refractivity contribution is 5.78. The van der Waals surface area contributed by atoms with E-state index in [-0.39, 0.29) is 11.2 Å². The van der Waals surface area contributed by atoms with Gasteiger partial charge in [0.1, 0.15) is 5.82 Å². The first kappa shape index (κ1) is 13.8. The number of hydrogen-bond acceptors (Lipinski definition) is 1. The molecule has 0 bridgehead atoms. The van der Waals surface area contributed by atoms with Gasteiger partial charge in [-0.25, -0.2) is 4.39 Å². The first-order chi connectivity index (χ1) is 9.20. The van der Waals surface area contributed by atoms with Crippen LogP contribution in [0.25, 0.3) is 10.9 Å². The Morgan fingerprint density at radius 1 is 1.11 bits per heavy atom. The van der Waals surface area contributed by atoms with E-state index in [1.54, 1.807) is 12.1 Å². The van der Waals surface area contributed by atoms with Crippen molar-refractivity contribution in [3.05, 3.63) is 46.0 Å². The number of H-pyrrole nitrogens is 1. The molecule has 0 saturated carbocycles. The van der Waals surface area contributed by atoms with Crippen LogP contribution in [0.5, 0.6) is 0 Å². The Hall–Kier alpha value is -1.64. The van der Waals surface area contributed by atoms with Crippen molar-refractivity contribution in [2.45, 2.75) is 45.4 Å². The van der Waals surface area contributed by atoms with E-state index >= 15 is 0 Å². The molecule has 1 aromatic heterocycles. The van der Waals surface area contributed by atoms with Crippen LogP contribution in [-0.4, -0.2) is 4.98 Å². The Labute approximate surface area is 112 Å². The fourth-order valence-electron chi connectivity index (χ4n) is 2.33. The van der Waals surface area contributed by atoms with Crippen LogP contribution < -0.4 is 5.43 Å². The highest BCUT2D eigenvalue weighted by atomic mass is 19.1. The first-order valence-electron chi connectivity index (χ1n) is 7.02. The van der Waals surface area contributed by atoms with Gasteiger partial charge in [-0.3, -0.25) is 4.79 Å². The van der Waals surface area contributed by atoms with Crippen LogP contribution >= 0.6 is 0 Å². The Bertz CT molecular complexity index is 603. The van der Waals surface area contributed by atoms with Crippen LogP contribution in [-0.2, 0) is 6.42 Å². The second-order valence-electron chi connectivity index (χ2n) is 5.01. The molecule has 1 N–H and O–H groups in total. The van der Waals surface area contributed by atoms with Crippen molar-refractivity contribution in [3.63, 3.8) is 0 Å². The highest BCUT2D eigenvalue weighted by Crippen LogP contribution is 2.12. The molecule has 102 valence electrons. The first-order valence-corrected chi connectivity index (χ1v) is 7.02. The molecule has 1 aromatic carbocycles. The van der Waals surface area contributed by atoms with E-state index in [9.17, 15) is 9.18 Å². The Kier molecular flexibility index (Phi) is 4.72. The topological polar surface area (TPSA) is 32.9 Å². The van der Waals surface area contributed by atoms with Crippen LogP contribution in [0, 0.1) is 5.82 Å². The average molecular weight is 261 g/mol. The van der Waals surface area contributed by atoms with Crippen LogP contribution in [0.1, 0.15) is 44.7 Å². The van der Waals surface area contributed by atoms with Crippen molar-refractivity contribution in [3.8, 4) is 0 Å². The second kappa shape index (κ2) is 6.50. The van der Waals surface area contributed by atoms with E-state index in [0.717, 1.165) is 24.1 Å². The largest absolute Gasteiger partial charge is 0.358 e. The van der Waals surface area contributed by atoms with Gasteiger partial charge in [-0.1, -0.05) is 32.6 Å². The van der Waals surface area contributed by atoms with Crippen molar-refractivity contribution in [2.24, 2.45) is 0 Å². The van der Waals surface area contributed by atoms with E-state index in [2.05, 4.69) is 11.9 Å². The lowest BCUT2D eigenvalue weighted by Gasteiger charge is -2.04. The molecular formula is C16H20FNO. The number of rotatable bonds is 6. The van der Waals surface area contributed by atoms with Crippen LogP contribution in [0.2, 0.25) is 0 Å². The maximum absolute atomic E-state index is 13.1. The average Bonchev–Trinajstić information content (AvgIpc) is 2.39. The summed E-state index contributed by atoms with van der Waals surface area (Å²) in [7, 11) is 0. The van der Waals surface area contributed by atoms with E-state index < -0.39 is 0 Å². The number of aromatic nitrogens is 1. The number of fused-ring (bicyclic) bond motifs is 1. The number of nitrogens with one attached hydrogen (secondary N) is 1. The third-order valence-electron chi connectivity index (χ3n) is 3.40. The zero-order chi connectivity index (χ0) is 13.7. The molecule has 2 nitrogen and oxygen atoms in total. The van der Waals surface area contributed by atoms with Crippen molar-refractivity contribution in [1.29, 1.82) is 0 Å². The summed E-state index contributed by atoms with van der Waals surface area (Å²) in [6.07, 6.45) is 6.91. The maximum Gasteiger partial charge on any atom is 0.189 e. The summed E-state index contributed by atoms with van der Waals surface area (Å²) in [5.74, 6) is -0.370. The molecule has 0 spiro atoms. The summed E-state index contributed by atoms with van der Waals surface area (Å²) in [6, 6.07) is 5.90. The molecule has 0 amide bonds. The monoisotopic (exact) mass is 261 g/mol. The molecule has 2 rings (SSSR count). The van der Waals surface area contributed by atoms with Gasteiger partial charge in [0.25, 0.3) is 0 Å². The molecule has 2 aromatic rings. The smallest absolute Gasteiger partial charge is 0.189 e. The molecule has 0 aliphatic rings. The summed E-state index contributed by atoms with van der Waals surface area (Å²) in [6.45, 7) is 2.19. The van der Waals surface area contributed by atoms with E-state index in [4.69, 9.17) is 0 Å². The number of aryl methyl sites for hydroxylation is 1. The van der Waals surface area contributed by atoms with Gasteiger partial charge in [0, 0.05) is 22.7 Å². The van der Waals surface area contributed by atoms with Gasteiger partial charge in [-0.05, 0) is 31.0 Å². The van der Waals surface area contributed by atoms with Crippen molar-refractivity contribution in [1.82, 2.24) is 4.98 Å². The Morgan fingerprint density at radius 2 is 1.89 bits per heavy atom. The molecule has 19 heavy (non-hydrogen) atoms. The summed E-state index contributed by atoms with van der Waals surface area (Å²) in [4.78, 5) is 15.1. The summed E-state index contributed by atoms with van der Waals surface area (Å²) in [5, 5.41) is 0.426. The van der Waals surface area contributed by atoms with Crippen LogP contribution in [0.3, 0.4) is 0 Å². The quantitative estimate of drug-likeness (QED) is 0.777. The SMILES string of the molecule is CCCCCCCc1cc(=O)c2cc(F)ccc2[nH]1. The number of halogens is 1. The summed E-state index contributed by atoms with van der Waals surface area (Å²) >= 11 is 0. The van der Waals surface area contributed by atoms with Gasteiger partial charge in [-0.2, -0.15) is 0 Å². The fourth-order valence-corrected chi connectivity index (χ4v) is 2.33. The minimum Gasteiger partial charge on any atom is -0.358 e. The van der Waals surface area contributed by atoms with Crippen molar-refractivity contribution in [2.75, 3.05) is 0 Å². The lowest BCUT2D eigenvalue weighted by molar-refractivity contribution is 0.627. The predicted octanol–water partition coefficient (Wildman–Crippen LogP) is 4.18. The number of unbranched alkanes of at least 4 members (excludes halogenated alkanes) is 4. The zero-order valence-corrected chi connectivity index (χ0v) is 11.3. The van der Waals surface area contributed by atoms with Crippen molar-refractivity contribution >= 4 is 10.9 Å². The molecule has 0 aliphatic heterocycles. The Morgan fingerprint density at radius 3 is 2.68 bits per heavy atom. The standard InChI is InChI=1S/C16H20FNO/c1-2-3-4-5-6-7-13-11-16(19)14-10-12(17)8-9-15(14)18-13/h8-11H,2-7H2,1H3,(H,18,19). The minimum atomic E-state index is -0.370. The number of pyridine rings is 1. The van der Waals surface area contributed by atoms with Crippen LogP contribution in [0.4, 0.5) is 4.39 Å². The number of hydrogen-bond donors (Lipinski definition) is 1. The Balaban J connectivity index is 2.08. The fraction of sp³-hybridized carbons (Fsp3) is 0.438. The van der Waals surface area contributed by atoms with Crippen LogP contribution in [0.15, 0.2) is 29.1 Å². The normalized spacial score (nSPS) is 11.1. The highest BCUT2D eigenvalue weighted by Gasteiger charge is 2.03. The molecule has 0 radical (unpaired) electrons. The third-order valence-corrected chi connectivity index (χ3v) is 3.40. The van der Waals surface area contributed by atoms with Gasteiger partial charge < -0.3 is 4.98 Å². The molecule has 3 heteroatoms. The zero-order valence-electron chi connectivity index (χ0n) is 11.3. The number of aromatic amines is 1. The third kappa shape index (κ3) is 3.66. The molecule has 0 saturated heterocycles. The molecule has 1 heterocycles. The molecule has 0 atom stereocenters. The maximum atomic E-state index is 13.1. The molecule has 0 unspecified atom stereocenters. The molecule has 0 aliphatic carbocycles. The van der Waals surface area contributed by atoms with Gasteiger partial charge in [0.05, 0.1) is 0 Å². The van der Waals surface area contributed by atoms with Crippen molar-refractivity contribution < 1.29 is 4.39 Å². The van der Waals surface area contributed by atoms with E-state index in [1.165, 1.54) is 37.8 Å². The summed E-state index contributed by atoms with van der Waals surface area (Å²) < 4.78 is 13.1. The van der Waals surface area contributed by atoms with Gasteiger partial charge >= 0.3 is 0 Å². The lowest BCUT2D eigenvalue weighted by Crippen LogP contribution is -2.05. The molecular weight excluding hydrogens is 241 g/mol. The molecule has 0 fully saturated rings. The second-order valence-corrected chi connectivity index (χ2v) is 5.01. The lowest BCUT2D eigenvalue weighted by atomic mass is 10.1. The van der Waals surface area contributed by atoms with Gasteiger partial charge in [-0.15, -0.1) is 0 Å². The predicted molar refractivity (Wildman–Crippen MR) is 77.0 cm³/mol. The van der Waals surface area contributed by atoms with Gasteiger partial charge in [0.2, 0.25) is 0 Å².